The van der Waals surface area contributed by atoms with Crippen LogP contribution in [0.2, 0.25) is 0 Å². The number of rotatable bonds is 2. The Morgan fingerprint density at radius 3 is 3.00 bits per heavy atom. The second kappa shape index (κ2) is 6.42. The van der Waals surface area contributed by atoms with Crippen molar-refractivity contribution in [1.82, 2.24) is 14.9 Å². The van der Waals surface area contributed by atoms with Crippen LogP contribution in [0.25, 0.3) is 10.1 Å². The van der Waals surface area contributed by atoms with E-state index in [4.69, 9.17) is 4.74 Å². The highest BCUT2D eigenvalue weighted by Gasteiger charge is 2.28. The van der Waals surface area contributed by atoms with Gasteiger partial charge in [0.15, 0.2) is 0 Å². The van der Waals surface area contributed by atoms with Crippen LogP contribution in [0.4, 0.5) is 0 Å². The summed E-state index contributed by atoms with van der Waals surface area (Å²) in [7, 11) is 0. The van der Waals surface area contributed by atoms with Gasteiger partial charge in [-0.1, -0.05) is 18.2 Å². The molecule has 1 aliphatic rings. The largest absolute Gasteiger partial charge is 0.367 e. The standard InChI is InChI=1S/C18H17N3O3S/c1-11-8-16(22)20-17(19-11)13-10-21(6-7-24-13)18(23)15-9-12-4-2-3-5-14(12)25-15/h2-5,8-9,13H,6-7,10H2,1H3,(H,19,20,22). The minimum absolute atomic E-state index is 0.00972. The van der Waals surface area contributed by atoms with E-state index in [2.05, 4.69) is 9.97 Å². The van der Waals surface area contributed by atoms with Gasteiger partial charge in [-0.25, -0.2) is 4.98 Å². The Morgan fingerprint density at radius 1 is 1.36 bits per heavy atom. The van der Waals surface area contributed by atoms with Crippen LogP contribution in [0, 0.1) is 6.92 Å². The molecule has 7 heteroatoms. The number of aromatic amines is 1. The first-order valence-electron chi connectivity index (χ1n) is 8.07. The number of aromatic nitrogens is 2. The van der Waals surface area contributed by atoms with Crippen LogP contribution < -0.4 is 5.56 Å². The number of ether oxygens (including phenoxy) is 1. The molecule has 1 unspecified atom stereocenters. The maximum Gasteiger partial charge on any atom is 0.264 e. The number of benzene rings is 1. The van der Waals surface area contributed by atoms with Crippen molar-refractivity contribution in [2.75, 3.05) is 19.7 Å². The Bertz CT molecular complexity index is 961. The summed E-state index contributed by atoms with van der Waals surface area (Å²) >= 11 is 1.50. The summed E-state index contributed by atoms with van der Waals surface area (Å²) < 4.78 is 6.82. The number of amides is 1. The number of morpholine rings is 1. The van der Waals surface area contributed by atoms with Gasteiger partial charge in [0.1, 0.15) is 11.9 Å². The lowest BCUT2D eigenvalue weighted by Gasteiger charge is -2.32. The van der Waals surface area contributed by atoms with Crippen LogP contribution in [0.3, 0.4) is 0 Å². The number of hydrogen-bond donors (Lipinski definition) is 1. The van der Waals surface area contributed by atoms with Crippen molar-refractivity contribution in [3.05, 3.63) is 63.1 Å². The first-order chi connectivity index (χ1) is 12.1. The first-order valence-corrected chi connectivity index (χ1v) is 8.89. The highest BCUT2D eigenvalue weighted by molar-refractivity contribution is 7.20. The minimum atomic E-state index is -0.417. The van der Waals surface area contributed by atoms with Crippen molar-refractivity contribution in [2.45, 2.75) is 13.0 Å². The minimum Gasteiger partial charge on any atom is -0.367 e. The van der Waals surface area contributed by atoms with Crippen molar-refractivity contribution in [3.8, 4) is 0 Å². The number of nitrogens with one attached hydrogen (secondary N) is 1. The molecule has 1 fully saturated rings. The number of H-pyrrole nitrogens is 1. The average molecular weight is 355 g/mol. The molecule has 4 rings (SSSR count). The van der Waals surface area contributed by atoms with Crippen LogP contribution in [0.5, 0.6) is 0 Å². The van der Waals surface area contributed by atoms with E-state index in [0.29, 0.717) is 36.1 Å². The van der Waals surface area contributed by atoms with Gasteiger partial charge in [-0.3, -0.25) is 9.59 Å². The zero-order valence-corrected chi connectivity index (χ0v) is 14.5. The number of carbonyl (C=O) groups is 1. The van der Waals surface area contributed by atoms with Gasteiger partial charge in [0, 0.05) is 23.0 Å². The SMILES string of the molecule is Cc1cc(=O)[nH]c(C2CN(C(=O)c3cc4ccccc4s3)CCO2)n1. The monoisotopic (exact) mass is 355 g/mol. The van der Waals surface area contributed by atoms with E-state index in [1.54, 1.807) is 11.8 Å². The highest BCUT2D eigenvalue weighted by Crippen LogP contribution is 2.28. The molecule has 128 valence electrons. The van der Waals surface area contributed by atoms with Crippen molar-refractivity contribution >= 4 is 27.3 Å². The molecule has 1 aromatic carbocycles. The van der Waals surface area contributed by atoms with Crippen LogP contribution in [0.15, 0.2) is 41.2 Å². The summed E-state index contributed by atoms with van der Waals surface area (Å²) in [5.74, 6) is 0.461. The molecule has 1 atom stereocenters. The number of carbonyl (C=O) groups excluding carboxylic acids is 1. The lowest BCUT2D eigenvalue weighted by atomic mass is 10.2. The van der Waals surface area contributed by atoms with E-state index in [9.17, 15) is 9.59 Å². The predicted molar refractivity (Wildman–Crippen MR) is 96.0 cm³/mol. The number of thiophene rings is 1. The fourth-order valence-corrected chi connectivity index (χ4v) is 4.03. The van der Waals surface area contributed by atoms with E-state index in [1.807, 2.05) is 30.3 Å². The molecule has 3 aromatic rings. The van der Waals surface area contributed by atoms with E-state index in [-0.39, 0.29) is 11.5 Å². The molecule has 0 spiro atoms. The topological polar surface area (TPSA) is 75.3 Å². The average Bonchev–Trinajstić information content (AvgIpc) is 3.04. The predicted octanol–water partition coefficient (Wildman–Crippen LogP) is 2.51. The third-order valence-corrected chi connectivity index (χ3v) is 5.29. The summed E-state index contributed by atoms with van der Waals surface area (Å²) in [6.45, 7) is 3.08. The molecule has 0 bridgehead atoms. The fraction of sp³-hybridized carbons (Fsp3) is 0.278. The summed E-state index contributed by atoms with van der Waals surface area (Å²) in [6, 6.07) is 11.3. The smallest absolute Gasteiger partial charge is 0.264 e. The summed E-state index contributed by atoms with van der Waals surface area (Å²) in [5.41, 5.74) is 0.425. The Hall–Kier alpha value is -2.51. The number of aryl methyl sites for hydroxylation is 1. The van der Waals surface area contributed by atoms with Crippen molar-refractivity contribution in [3.63, 3.8) is 0 Å². The summed E-state index contributed by atoms with van der Waals surface area (Å²) in [6.07, 6.45) is -0.417. The molecule has 1 amide bonds. The molecular weight excluding hydrogens is 338 g/mol. The van der Waals surface area contributed by atoms with Crippen LogP contribution >= 0.6 is 11.3 Å². The normalized spacial score (nSPS) is 17.8. The van der Waals surface area contributed by atoms with Gasteiger partial charge in [0.25, 0.3) is 11.5 Å². The van der Waals surface area contributed by atoms with Gasteiger partial charge in [-0.2, -0.15) is 0 Å². The maximum atomic E-state index is 12.9. The van der Waals surface area contributed by atoms with Crippen molar-refractivity contribution in [2.24, 2.45) is 0 Å². The Labute approximate surface area is 148 Å². The highest BCUT2D eigenvalue weighted by atomic mass is 32.1. The Morgan fingerprint density at radius 2 is 2.20 bits per heavy atom. The van der Waals surface area contributed by atoms with Gasteiger partial charge in [0.05, 0.1) is 18.0 Å². The lowest BCUT2D eigenvalue weighted by molar-refractivity contribution is -0.0268. The molecule has 2 aromatic heterocycles. The third kappa shape index (κ3) is 3.20. The van der Waals surface area contributed by atoms with Crippen molar-refractivity contribution in [1.29, 1.82) is 0 Å². The van der Waals surface area contributed by atoms with Gasteiger partial charge >= 0.3 is 0 Å². The van der Waals surface area contributed by atoms with E-state index in [0.717, 1.165) is 10.1 Å². The van der Waals surface area contributed by atoms with Gasteiger partial charge in [0.2, 0.25) is 0 Å². The van der Waals surface area contributed by atoms with Gasteiger partial charge in [-0.15, -0.1) is 11.3 Å². The quantitative estimate of drug-likeness (QED) is 0.766. The molecule has 1 saturated heterocycles. The van der Waals surface area contributed by atoms with Crippen LogP contribution in [-0.4, -0.2) is 40.5 Å². The number of hydrogen-bond acceptors (Lipinski definition) is 5. The van der Waals surface area contributed by atoms with Crippen molar-refractivity contribution < 1.29 is 9.53 Å². The second-order valence-corrected chi connectivity index (χ2v) is 7.11. The van der Waals surface area contributed by atoms with E-state index in [1.165, 1.54) is 17.4 Å². The molecular formula is C18H17N3O3S. The number of nitrogens with zero attached hydrogens (tertiary/aromatic N) is 2. The lowest BCUT2D eigenvalue weighted by Crippen LogP contribution is -2.42. The first kappa shape index (κ1) is 16.0. The molecule has 6 nitrogen and oxygen atoms in total. The summed E-state index contributed by atoms with van der Waals surface area (Å²) in [4.78, 5) is 34.1. The van der Waals surface area contributed by atoms with Crippen LogP contribution in [-0.2, 0) is 4.74 Å². The fourth-order valence-electron chi connectivity index (χ4n) is 3.00. The molecule has 0 radical (unpaired) electrons. The Balaban J connectivity index is 1.58. The van der Waals surface area contributed by atoms with Crippen LogP contribution in [0.1, 0.15) is 27.3 Å². The molecule has 1 N–H and O–H groups in total. The second-order valence-electron chi connectivity index (χ2n) is 6.03. The number of fused-ring (bicyclic) bond motifs is 1. The third-order valence-electron chi connectivity index (χ3n) is 4.18. The zero-order valence-electron chi connectivity index (χ0n) is 13.7. The molecule has 0 aliphatic carbocycles. The molecule has 1 aliphatic heterocycles. The molecule has 3 heterocycles. The zero-order chi connectivity index (χ0) is 17.4. The maximum absolute atomic E-state index is 12.9. The van der Waals surface area contributed by atoms with E-state index >= 15 is 0 Å². The van der Waals surface area contributed by atoms with Gasteiger partial charge in [-0.05, 0) is 24.4 Å². The molecule has 25 heavy (non-hydrogen) atoms. The molecule has 0 saturated carbocycles. The summed E-state index contributed by atoms with van der Waals surface area (Å²) in [5, 5.41) is 1.07. The Kier molecular flexibility index (Phi) is 4.10. The van der Waals surface area contributed by atoms with E-state index < -0.39 is 6.10 Å². The van der Waals surface area contributed by atoms with Gasteiger partial charge < -0.3 is 14.6 Å².